The van der Waals surface area contributed by atoms with E-state index in [0.717, 1.165) is 0 Å². The highest BCUT2D eigenvalue weighted by molar-refractivity contribution is 4.64. The molecule has 0 aromatic carbocycles. The van der Waals surface area contributed by atoms with E-state index in [-0.39, 0.29) is 0 Å². The molecule has 1 heterocycles. The molecular formula is C9H23N3. The molecule has 0 amide bonds. The van der Waals surface area contributed by atoms with Crippen molar-refractivity contribution in [3.8, 4) is 0 Å². The lowest BCUT2D eigenvalue weighted by atomic mass is 10.4. The molecule has 1 aliphatic rings. The zero-order valence-corrected chi connectivity index (χ0v) is 8.93. The van der Waals surface area contributed by atoms with E-state index >= 15 is 0 Å². The molecule has 12 heavy (non-hydrogen) atoms. The van der Waals surface area contributed by atoms with E-state index in [1.807, 2.05) is 26.0 Å². The molecule has 0 saturated carbocycles. The van der Waals surface area contributed by atoms with Gasteiger partial charge in [-0.1, -0.05) is 6.92 Å². The number of nitrogens with zero attached hydrogens (tertiary/aromatic N) is 2. The molecule has 3 nitrogen and oxygen atoms in total. The predicted molar refractivity (Wildman–Crippen MR) is 54.6 cm³/mol. The van der Waals surface area contributed by atoms with E-state index in [9.17, 15) is 0 Å². The second kappa shape index (κ2) is 7.53. The van der Waals surface area contributed by atoms with Gasteiger partial charge in [0.2, 0.25) is 0 Å². The van der Waals surface area contributed by atoms with Gasteiger partial charge >= 0.3 is 0 Å². The lowest BCUT2D eigenvalue weighted by molar-refractivity contribution is 0.253. The van der Waals surface area contributed by atoms with Gasteiger partial charge in [-0.2, -0.15) is 0 Å². The van der Waals surface area contributed by atoms with Crippen LogP contribution in [0.25, 0.3) is 0 Å². The number of hydrogen-bond donors (Lipinski definition) is 1. The van der Waals surface area contributed by atoms with Gasteiger partial charge in [0.05, 0.1) is 0 Å². The van der Waals surface area contributed by atoms with Gasteiger partial charge in [-0.05, 0) is 27.7 Å². The van der Waals surface area contributed by atoms with Crippen LogP contribution in [0.1, 0.15) is 6.92 Å². The van der Waals surface area contributed by atoms with Gasteiger partial charge in [-0.3, -0.25) is 0 Å². The highest BCUT2D eigenvalue weighted by Crippen LogP contribution is 1.88. The number of rotatable bonds is 1. The first kappa shape index (κ1) is 11.9. The van der Waals surface area contributed by atoms with Crippen LogP contribution in [0.5, 0.6) is 0 Å². The molecule has 0 aromatic heterocycles. The molecule has 1 aliphatic heterocycles. The summed E-state index contributed by atoms with van der Waals surface area (Å²) in [5, 5.41) is 3.31. The molecule has 1 rings (SSSR count). The van der Waals surface area contributed by atoms with Crippen molar-refractivity contribution >= 4 is 0 Å². The third-order valence-corrected chi connectivity index (χ3v) is 1.66. The van der Waals surface area contributed by atoms with Crippen LogP contribution in [0.4, 0.5) is 0 Å². The van der Waals surface area contributed by atoms with Gasteiger partial charge in [-0.15, -0.1) is 0 Å². The fraction of sp³-hybridized carbons (Fsp3) is 1.00. The molecule has 0 spiro atoms. The number of piperazine rings is 1. The topological polar surface area (TPSA) is 18.5 Å². The Morgan fingerprint density at radius 3 is 1.83 bits per heavy atom. The van der Waals surface area contributed by atoms with Gasteiger partial charge in [0.25, 0.3) is 0 Å². The van der Waals surface area contributed by atoms with E-state index in [0.29, 0.717) is 0 Å². The Kier molecular flexibility index (Phi) is 7.45. The Balaban J connectivity index is 0.000000261. The fourth-order valence-electron chi connectivity index (χ4n) is 1.03. The van der Waals surface area contributed by atoms with Crippen molar-refractivity contribution in [2.75, 3.05) is 53.9 Å². The second-order valence-corrected chi connectivity index (χ2v) is 3.53. The van der Waals surface area contributed by atoms with Gasteiger partial charge in [0.15, 0.2) is 0 Å². The summed E-state index contributed by atoms with van der Waals surface area (Å²) in [5.74, 6) is 0. The van der Waals surface area contributed by atoms with E-state index in [1.54, 1.807) is 0 Å². The highest BCUT2D eigenvalue weighted by atomic mass is 15.2. The molecule has 3 heteroatoms. The zero-order chi connectivity index (χ0) is 9.40. The molecule has 74 valence electrons. The van der Waals surface area contributed by atoms with E-state index in [1.165, 1.54) is 32.7 Å². The summed E-state index contributed by atoms with van der Waals surface area (Å²) >= 11 is 0. The van der Waals surface area contributed by atoms with Crippen LogP contribution in [0.2, 0.25) is 0 Å². The lowest BCUT2D eigenvalue weighted by Gasteiger charge is -2.25. The van der Waals surface area contributed by atoms with Crippen molar-refractivity contribution in [3.63, 3.8) is 0 Å². The molecule has 0 aliphatic carbocycles. The molecule has 0 unspecified atom stereocenters. The molecule has 0 aromatic rings. The van der Waals surface area contributed by atoms with Gasteiger partial charge in [0, 0.05) is 26.2 Å². The zero-order valence-electron chi connectivity index (χ0n) is 8.93. The quantitative estimate of drug-likeness (QED) is 0.606. The first-order chi connectivity index (χ1) is 5.66. The van der Waals surface area contributed by atoms with Crippen molar-refractivity contribution in [2.45, 2.75) is 6.92 Å². The van der Waals surface area contributed by atoms with Crippen molar-refractivity contribution < 1.29 is 0 Å². The number of hydrogen-bond acceptors (Lipinski definition) is 3. The van der Waals surface area contributed by atoms with Gasteiger partial charge < -0.3 is 15.1 Å². The Morgan fingerprint density at radius 1 is 1.17 bits per heavy atom. The SMILES string of the molecule is CCN1CCNCC1.CN(C)C. The maximum absolute atomic E-state index is 3.31. The van der Waals surface area contributed by atoms with E-state index in [4.69, 9.17) is 0 Å². The number of nitrogens with one attached hydrogen (secondary N) is 1. The first-order valence-corrected chi connectivity index (χ1v) is 4.70. The van der Waals surface area contributed by atoms with Crippen molar-refractivity contribution in [2.24, 2.45) is 0 Å². The largest absolute Gasteiger partial charge is 0.314 e. The Morgan fingerprint density at radius 2 is 1.58 bits per heavy atom. The Labute approximate surface area is 76.7 Å². The fourth-order valence-corrected chi connectivity index (χ4v) is 1.03. The van der Waals surface area contributed by atoms with Gasteiger partial charge in [0.1, 0.15) is 0 Å². The first-order valence-electron chi connectivity index (χ1n) is 4.70. The lowest BCUT2D eigenvalue weighted by Crippen LogP contribution is -2.43. The summed E-state index contributed by atoms with van der Waals surface area (Å²) in [7, 11) is 6.00. The molecule has 1 fully saturated rings. The van der Waals surface area contributed by atoms with Crippen molar-refractivity contribution in [1.29, 1.82) is 0 Å². The second-order valence-electron chi connectivity index (χ2n) is 3.53. The van der Waals surface area contributed by atoms with Gasteiger partial charge in [-0.25, -0.2) is 0 Å². The summed E-state index contributed by atoms with van der Waals surface area (Å²) in [4.78, 5) is 4.45. The van der Waals surface area contributed by atoms with Crippen molar-refractivity contribution in [3.05, 3.63) is 0 Å². The maximum atomic E-state index is 3.31. The average molecular weight is 173 g/mol. The summed E-state index contributed by atoms with van der Waals surface area (Å²) in [5.41, 5.74) is 0. The van der Waals surface area contributed by atoms with Crippen LogP contribution >= 0.6 is 0 Å². The third-order valence-electron chi connectivity index (χ3n) is 1.66. The van der Waals surface area contributed by atoms with Crippen molar-refractivity contribution in [1.82, 2.24) is 15.1 Å². The summed E-state index contributed by atoms with van der Waals surface area (Å²) < 4.78 is 0. The monoisotopic (exact) mass is 173 g/mol. The Hall–Kier alpha value is -0.120. The van der Waals surface area contributed by atoms with Crippen LogP contribution in [0, 0.1) is 0 Å². The van der Waals surface area contributed by atoms with Crippen LogP contribution in [-0.2, 0) is 0 Å². The summed E-state index contributed by atoms with van der Waals surface area (Å²) in [6.07, 6.45) is 0. The molecule has 0 bridgehead atoms. The minimum Gasteiger partial charge on any atom is -0.314 e. The molecule has 1 N–H and O–H groups in total. The predicted octanol–water partition coefficient (Wildman–Crippen LogP) is 0.0893. The van der Waals surface area contributed by atoms with Crippen LogP contribution < -0.4 is 5.32 Å². The molecule has 1 saturated heterocycles. The molecule has 0 atom stereocenters. The number of likely N-dealkylation sites (N-methyl/N-ethyl adjacent to an activating group) is 1. The van der Waals surface area contributed by atoms with E-state index in [2.05, 4.69) is 17.1 Å². The van der Waals surface area contributed by atoms with Crippen LogP contribution in [0.15, 0.2) is 0 Å². The normalized spacial score (nSPS) is 18.8. The summed E-state index contributed by atoms with van der Waals surface area (Å²) in [6, 6.07) is 0. The molecule has 0 radical (unpaired) electrons. The smallest absolute Gasteiger partial charge is 0.0107 e. The average Bonchev–Trinajstić information content (AvgIpc) is 2.05. The standard InChI is InChI=1S/C6H14N2.C3H9N/c1-2-8-5-3-7-4-6-8;1-4(2)3/h7H,2-6H2,1H3;1-3H3. The van der Waals surface area contributed by atoms with Crippen LogP contribution in [0.3, 0.4) is 0 Å². The maximum Gasteiger partial charge on any atom is 0.0107 e. The minimum atomic E-state index is 1.17. The van der Waals surface area contributed by atoms with E-state index < -0.39 is 0 Å². The Bertz CT molecular complexity index is 85.0. The third kappa shape index (κ3) is 7.98. The highest BCUT2D eigenvalue weighted by Gasteiger charge is 2.04. The molecular weight excluding hydrogens is 150 g/mol. The minimum absolute atomic E-state index is 1.17. The van der Waals surface area contributed by atoms with Crippen LogP contribution in [-0.4, -0.2) is 63.7 Å². The summed E-state index contributed by atoms with van der Waals surface area (Å²) in [6.45, 7) is 8.24.